The van der Waals surface area contributed by atoms with Crippen LogP contribution in [0.1, 0.15) is 74.4 Å². The van der Waals surface area contributed by atoms with Crippen molar-refractivity contribution >= 4 is 17.5 Å². The number of thioether (sulfide) groups is 1. The molecule has 0 saturated heterocycles. The first kappa shape index (κ1) is 22.1. The summed E-state index contributed by atoms with van der Waals surface area (Å²) in [7, 11) is 0. The summed E-state index contributed by atoms with van der Waals surface area (Å²) in [5.74, 6) is 2.40. The van der Waals surface area contributed by atoms with Crippen LogP contribution in [-0.2, 0) is 0 Å². The van der Waals surface area contributed by atoms with Gasteiger partial charge in [0.15, 0.2) is 22.9 Å². The molecule has 0 N–H and O–H groups in total. The van der Waals surface area contributed by atoms with Crippen LogP contribution in [0.15, 0.2) is 59.8 Å². The molecule has 0 aliphatic rings. The van der Waals surface area contributed by atoms with Crippen LogP contribution in [0.25, 0.3) is 0 Å². The number of rotatable bonds is 9. The lowest BCUT2D eigenvalue weighted by molar-refractivity contribution is 0.102. The predicted octanol–water partition coefficient (Wildman–Crippen LogP) is 6.10. The van der Waals surface area contributed by atoms with Gasteiger partial charge in [0, 0.05) is 11.6 Å². The Morgan fingerprint density at radius 3 is 2.30 bits per heavy atom. The van der Waals surface area contributed by atoms with Crippen LogP contribution in [0.3, 0.4) is 0 Å². The molecule has 3 aromatic rings. The minimum absolute atomic E-state index is 0.0793. The van der Waals surface area contributed by atoms with Gasteiger partial charge in [-0.3, -0.25) is 4.79 Å². The molecule has 1 aromatic heterocycles. The lowest BCUT2D eigenvalue weighted by Gasteiger charge is -2.21. The van der Waals surface area contributed by atoms with Crippen molar-refractivity contribution in [2.45, 2.75) is 57.8 Å². The van der Waals surface area contributed by atoms with Crippen molar-refractivity contribution in [1.29, 1.82) is 0 Å². The molecule has 0 saturated carbocycles. The summed E-state index contributed by atoms with van der Waals surface area (Å²) in [5.41, 5.74) is 1.88. The van der Waals surface area contributed by atoms with Gasteiger partial charge < -0.3 is 9.30 Å². The van der Waals surface area contributed by atoms with Gasteiger partial charge in [-0.25, -0.2) is 0 Å². The normalized spacial score (nSPS) is 12.4. The minimum atomic E-state index is -0.265. The predicted molar refractivity (Wildman–Crippen MR) is 121 cm³/mol. The van der Waals surface area contributed by atoms with E-state index in [1.54, 1.807) is 0 Å². The van der Waals surface area contributed by atoms with Crippen LogP contribution in [0, 0.1) is 0 Å². The topological polar surface area (TPSA) is 57.0 Å². The maximum Gasteiger partial charge on any atom is 0.192 e. The van der Waals surface area contributed by atoms with Crippen molar-refractivity contribution in [3.8, 4) is 5.75 Å². The minimum Gasteiger partial charge on any atom is -0.482 e. The van der Waals surface area contributed by atoms with Gasteiger partial charge in [0.2, 0.25) is 0 Å². The highest BCUT2D eigenvalue weighted by atomic mass is 32.2. The molecule has 0 radical (unpaired) electrons. The molecule has 0 amide bonds. The van der Waals surface area contributed by atoms with E-state index in [1.807, 2.05) is 55.5 Å². The first-order chi connectivity index (χ1) is 14.4. The zero-order valence-corrected chi connectivity index (χ0v) is 19.0. The number of ether oxygens (including phenoxy) is 1. The fourth-order valence-corrected chi connectivity index (χ4v) is 4.26. The Bertz CT molecular complexity index is 983. The molecule has 158 valence electrons. The van der Waals surface area contributed by atoms with Crippen LogP contribution in [0.5, 0.6) is 5.75 Å². The maximum absolute atomic E-state index is 12.5. The number of benzene rings is 2. The molecule has 5 nitrogen and oxygen atoms in total. The van der Waals surface area contributed by atoms with E-state index in [4.69, 9.17) is 4.74 Å². The number of hydrogen-bond donors (Lipinski definition) is 0. The summed E-state index contributed by atoms with van der Waals surface area (Å²) in [6, 6.07) is 17.6. The van der Waals surface area contributed by atoms with Gasteiger partial charge >= 0.3 is 0 Å². The monoisotopic (exact) mass is 423 g/mol. The number of carbonyl (C=O) groups is 1. The Kier molecular flexibility index (Phi) is 7.32. The summed E-state index contributed by atoms with van der Waals surface area (Å²) >= 11 is 1.42. The zero-order valence-electron chi connectivity index (χ0n) is 18.2. The summed E-state index contributed by atoms with van der Waals surface area (Å²) < 4.78 is 8.35. The molecule has 0 bridgehead atoms. The number of Topliss-reactive ketones (excluding diaryl/α,β-unsaturated/α-hetero) is 1. The SMILES string of the molecule is CC(C)c1ccccc1OC(C)c1nnc(SCC(=O)c2ccccc2)n1C(C)C. The molecule has 1 atom stereocenters. The molecular weight excluding hydrogens is 394 g/mol. The van der Waals surface area contributed by atoms with Crippen molar-refractivity contribution in [1.82, 2.24) is 14.8 Å². The molecule has 30 heavy (non-hydrogen) atoms. The van der Waals surface area contributed by atoms with Gasteiger partial charge in [0.05, 0.1) is 5.75 Å². The molecule has 0 spiro atoms. The second-order valence-electron chi connectivity index (χ2n) is 7.84. The summed E-state index contributed by atoms with van der Waals surface area (Å²) in [6.45, 7) is 10.5. The molecule has 1 unspecified atom stereocenters. The van der Waals surface area contributed by atoms with Crippen molar-refractivity contribution in [3.05, 3.63) is 71.5 Å². The van der Waals surface area contributed by atoms with E-state index < -0.39 is 0 Å². The van der Waals surface area contributed by atoms with Gasteiger partial charge in [0.1, 0.15) is 5.75 Å². The highest BCUT2D eigenvalue weighted by Crippen LogP contribution is 2.32. The smallest absolute Gasteiger partial charge is 0.192 e. The number of aromatic nitrogens is 3. The van der Waals surface area contributed by atoms with Crippen LogP contribution in [0.4, 0.5) is 0 Å². The molecule has 0 aliphatic heterocycles. The molecule has 0 fully saturated rings. The lowest BCUT2D eigenvalue weighted by atomic mass is 10.0. The van der Waals surface area contributed by atoms with Crippen molar-refractivity contribution in [2.75, 3.05) is 5.75 Å². The van der Waals surface area contributed by atoms with E-state index in [0.29, 0.717) is 17.2 Å². The highest BCUT2D eigenvalue weighted by molar-refractivity contribution is 7.99. The van der Waals surface area contributed by atoms with Gasteiger partial charge in [0.25, 0.3) is 0 Å². The zero-order chi connectivity index (χ0) is 21.7. The van der Waals surface area contributed by atoms with Gasteiger partial charge in [-0.05, 0) is 38.3 Å². The Morgan fingerprint density at radius 1 is 0.967 bits per heavy atom. The fraction of sp³-hybridized carbons (Fsp3) is 0.375. The summed E-state index contributed by atoms with van der Waals surface area (Å²) in [4.78, 5) is 12.5. The average molecular weight is 424 g/mol. The van der Waals surface area contributed by atoms with Crippen LogP contribution < -0.4 is 4.74 Å². The largest absolute Gasteiger partial charge is 0.482 e. The second kappa shape index (κ2) is 9.94. The van der Waals surface area contributed by atoms with Crippen LogP contribution in [0.2, 0.25) is 0 Å². The Hall–Kier alpha value is -2.60. The molecular formula is C24H29N3O2S. The van der Waals surface area contributed by atoms with Crippen LogP contribution >= 0.6 is 11.8 Å². The lowest BCUT2D eigenvalue weighted by Crippen LogP contribution is -2.15. The third-order valence-electron chi connectivity index (χ3n) is 4.84. The number of carbonyl (C=O) groups excluding carboxylic acids is 1. The third-order valence-corrected chi connectivity index (χ3v) is 5.79. The number of para-hydroxylation sites is 1. The third kappa shape index (κ3) is 5.11. The second-order valence-corrected chi connectivity index (χ2v) is 8.78. The maximum atomic E-state index is 12.5. The quantitative estimate of drug-likeness (QED) is 0.307. The Balaban J connectivity index is 1.78. The van der Waals surface area contributed by atoms with E-state index in [0.717, 1.165) is 16.7 Å². The molecule has 1 heterocycles. The number of ketones is 1. The van der Waals surface area contributed by atoms with Gasteiger partial charge in [-0.15, -0.1) is 10.2 Å². The Morgan fingerprint density at radius 2 is 1.63 bits per heavy atom. The summed E-state index contributed by atoms with van der Waals surface area (Å²) in [6.07, 6.45) is -0.265. The van der Waals surface area contributed by atoms with Crippen molar-refractivity contribution in [2.24, 2.45) is 0 Å². The van der Waals surface area contributed by atoms with Crippen LogP contribution in [-0.4, -0.2) is 26.3 Å². The molecule has 3 rings (SSSR count). The average Bonchev–Trinajstić information content (AvgIpc) is 3.17. The van der Waals surface area contributed by atoms with Gasteiger partial charge in [-0.2, -0.15) is 0 Å². The van der Waals surface area contributed by atoms with E-state index in [2.05, 4.69) is 48.5 Å². The van der Waals surface area contributed by atoms with E-state index >= 15 is 0 Å². The van der Waals surface area contributed by atoms with Crippen molar-refractivity contribution < 1.29 is 9.53 Å². The standard InChI is InChI=1S/C24H29N3O2S/c1-16(2)20-13-9-10-14-22(20)29-18(5)23-25-26-24(27(23)17(3)4)30-15-21(28)19-11-7-6-8-12-19/h6-14,16-18H,15H2,1-5H3. The number of nitrogens with zero attached hydrogens (tertiary/aromatic N) is 3. The molecule has 6 heteroatoms. The highest BCUT2D eigenvalue weighted by Gasteiger charge is 2.23. The first-order valence-corrected chi connectivity index (χ1v) is 11.3. The van der Waals surface area contributed by atoms with Gasteiger partial charge in [-0.1, -0.05) is 74.1 Å². The van der Waals surface area contributed by atoms with E-state index in [9.17, 15) is 4.79 Å². The first-order valence-electron chi connectivity index (χ1n) is 10.3. The fourth-order valence-electron chi connectivity index (χ4n) is 3.29. The molecule has 2 aromatic carbocycles. The van der Waals surface area contributed by atoms with E-state index in [1.165, 1.54) is 17.3 Å². The summed E-state index contributed by atoms with van der Waals surface area (Å²) in [5, 5.41) is 9.51. The molecule has 0 aliphatic carbocycles. The van der Waals surface area contributed by atoms with Crippen molar-refractivity contribution in [3.63, 3.8) is 0 Å². The van der Waals surface area contributed by atoms with E-state index in [-0.39, 0.29) is 17.9 Å². The Labute approximate surface area is 182 Å². The number of hydrogen-bond acceptors (Lipinski definition) is 5.